The van der Waals surface area contributed by atoms with Crippen LogP contribution in [0.5, 0.6) is 5.75 Å². The van der Waals surface area contributed by atoms with Crippen LogP contribution in [0.15, 0.2) is 36.7 Å². The summed E-state index contributed by atoms with van der Waals surface area (Å²) in [6.07, 6.45) is 2.84. The minimum Gasteiger partial charge on any atom is -0.870 e. The van der Waals surface area contributed by atoms with Crippen LogP contribution in [0.4, 0.5) is 11.4 Å². The highest BCUT2D eigenvalue weighted by molar-refractivity contribution is 7.80. The Hall–Kier alpha value is -2.78. The van der Waals surface area contributed by atoms with Crippen LogP contribution >= 0.6 is 23.8 Å². The summed E-state index contributed by atoms with van der Waals surface area (Å²) in [6, 6.07) is 5.01. The molecule has 10 heteroatoms. The summed E-state index contributed by atoms with van der Waals surface area (Å²) in [7, 11) is 0. The van der Waals surface area contributed by atoms with E-state index in [9.17, 15) is 20.0 Å². The van der Waals surface area contributed by atoms with E-state index in [0.29, 0.717) is 0 Å². The number of nitro benzene ring substituents is 1. The molecule has 0 saturated heterocycles. The van der Waals surface area contributed by atoms with Crippen molar-refractivity contribution in [2.75, 3.05) is 5.32 Å². The maximum absolute atomic E-state index is 11.9. The van der Waals surface area contributed by atoms with Crippen molar-refractivity contribution in [1.82, 2.24) is 10.3 Å². The number of hydrogen-bond donors (Lipinski definition) is 2. The predicted molar refractivity (Wildman–Crippen MR) is 85.5 cm³/mol. The number of aromatic nitrogens is 1. The van der Waals surface area contributed by atoms with Crippen molar-refractivity contribution in [1.29, 1.82) is 0 Å². The summed E-state index contributed by atoms with van der Waals surface area (Å²) >= 11 is 10.6. The Labute approximate surface area is 140 Å². The van der Waals surface area contributed by atoms with Gasteiger partial charge in [-0.05, 0) is 24.4 Å². The first-order chi connectivity index (χ1) is 10.9. The van der Waals surface area contributed by atoms with E-state index in [1.54, 1.807) is 6.07 Å². The third-order valence-corrected chi connectivity index (χ3v) is 3.12. The Bertz CT molecular complexity index is 785. The Morgan fingerprint density at radius 2 is 2.13 bits per heavy atom. The van der Waals surface area contributed by atoms with E-state index in [1.165, 1.54) is 18.5 Å². The Morgan fingerprint density at radius 3 is 2.74 bits per heavy atom. The van der Waals surface area contributed by atoms with Gasteiger partial charge in [-0.1, -0.05) is 17.4 Å². The number of pyridine rings is 1. The molecule has 0 aliphatic rings. The third-order valence-electron chi connectivity index (χ3n) is 2.64. The lowest BCUT2D eigenvalue weighted by Crippen LogP contribution is -2.34. The van der Waals surface area contributed by atoms with Crippen molar-refractivity contribution >= 4 is 46.2 Å². The number of halogens is 1. The number of nitrogens with zero attached hydrogens (tertiary/aromatic N) is 2. The SMILES string of the molecule is O=C(NC(=S)Nc1cc([N+](=O)[O-])cc(Cl)c1[O-])c1cccnc1. The molecule has 1 aromatic carbocycles. The van der Waals surface area contributed by atoms with E-state index < -0.39 is 16.6 Å². The molecule has 0 aliphatic heterocycles. The molecule has 0 radical (unpaired) electrons. The summed E-state index contributed by atoms with van der Waals surface area (Å²) in [4.78, 5) is 25.7. The van der Waals surface area contributed by atoms with Gasteiger partial charge in [0.05, 0.1) is 10.5 Å². The van der Waals surface area contributed by atoms with Gasteiger partial charge in [-0.25, -0.2) is 0 Å². The first-order valence-corrected chi connectivity index (χ1v) is 6.84. The highest BCUT2D eigenvalue weighted by Gasteiger charge is 2.13. The van der Waals surface area contributed by atoms with Gasteiger partial charge >= 0.3 is 0 Å². The van der Waals surface area contributed by atoms with Crippen LogP contribution in [0.1, 0.15) is 10.4 Å². The van der Waals surface area contributed by atoms with Crippen molar-refractivity contribution in [3.63, 3.8) is 0 Å². The predicted octanol–water partition coefficient (Wildman–Crippen LogP) is 1.84. The van der Waals surface area contributed by atoms with Gasteiger partial charge in [-0.2, -0.15) is 0 Å². The molecule has 118 valence electrons. The maximum atomic E-state index is 11.9. The van der Waals surface area contributed by atoms with Crippen LogP contribution in [0.2, 0.25) is 5.02 Å². The molecule has 0 bridgehead atoms. The van der Waals surface area contributed by atoms with E-state index >= 15 is 0 Å². The number of amides is 1. The van der Waals surface area contributed by atoms with Gasteiger partial charge in [-0.3, -0.25) is 25.2 Å². The first kappa shape index (κ1) is 16.6. The third kappa shape index (κ3) is 4.11. The maximum Gasteiger partial charge on any atom is 0.272 e. The number of non-ortho nitro benzene ring substituents is 1. The van der Waals surface area contributed by atoms with Gasteiger partial charge in [0, 0.05) is 35.2 Å². The summed E-state index contributed by atoms with van der Waals surface area (Å²) < 4.78 is 0. The van der Waals surface area contributed by atoms with Crippen LogP contribution in [-0.2, 0) is 0 Å². The molecule has 0 aliphatic carbocycles. The largest absolute Gasteiger partial charge is 0.870 e. The molecule has 8 nitrogen and oxygen atoms in total. The molecule has 1 amide bonds. The van der Waals surface area contributed by atoms with Gasteiger partial charge in [0.25, 0.3) is 11.6 Å². The molecule has 0 spiro atoms. The second-order valence-corrected chi connectivity index (χ2v) is 5.03. The fraction of sp³-hybridized carbons (Fsp3) is 0. The van der Waals surface area contributed by atoms with E-state index in [2.05, 4.69) is 15.6 Å². The number of rotatable bonds is 3. The Morgan fingerprint density at radius 1 is 1.39 bits per heavy atom. The number of benzene rings is 1. The number of nitro groups is 1. The number of carbonyl (C=O) groups is 1. The first-order valence-electron chi connectivity index (χ1n) is 6.06. The fourth-order valence-electron chi connectivity index (χ4n) is 1.60. The molecule has 0 unspecified atom stereocenters. The van der Waals surface area contributed by atoms with Crippen molar-refractivity contribution < 1.29 is 14.8 Å². The smallest absolute Gasteiger partial charge is 0.272 e. The second-order valence-electron chi connectivity index (χ2n) is 4.21. The Kier molecular flexibility index (Phi) is 5.04. The summed E-state index contributed by atoms with van der Waals surface area (Å²) in [5.74, 6) is -1.21. The van der Waals surface area contributed by atoms with Crippen LogP contribution in [0.3, 0.4) is 0 Å². The summed E-state index contributed by atoms with van der Waals surface area (Å²) in [6.45, 7) is 0. The molecule has 0 fully saturated rings. The van der Waals surface area contributed by atoms with E-state index in [1.807, 2.05) is 0 Å². The number of carbonyl (C=O) groups excluding carboxylic acids is 1. The molecule has 2 N–H and O–H groups in total. The minimum absolute atomic E-state index is 0.201. The quantitative estimate of drug-likeness (QED) is 0.491. The molecule has 1 heterocycles. The summed E-state index contributed by atoms with van der Waals surface area (Å²) in [5.41, 5.74) is -0.324. The van der Waals surface area contributed by atoms with Gasteiger partial charge in [0.2, 0.25) is 0 Å². The van der Waals surface area contributed by atoms with E-state index in [-0.39, 0.29) is 27.1 Å². The van der Waals surface area contributed by atoms with Crippen molar-refractivity contribution in [2.24, 2.45) is 0 Å². The van der Waals surface area contributed by atoms with Crippen LogP contribution in [0, 0.1) is 10.1 Å². The molecular weight excluding hydrogens is 344 g/mol. The van der Waals surface area contributed by atoms with Crippen molar-refractivity contribution in [3.05, 3.63) is 57.4 Å². The average Bonchev–Trinajstić information content (AvgIpc) is 2.52. The molecular formula is C13H8ClN4O4S-. The van der Waals surface area contributed by atoms with Gasteiger partial charge in [0.1, 0.15) is 0 Å². The molecule has 23 heavy (non-hydrogen) atoms. The highest BCUT2D eigenvalue weighted by Crippen LogP contribution is 2.33. The molecule has 2 aromatic rings. The lowest BCUT2D eigenvalue weighted by Gasteiger charge is -2.17. The van der Waals surface area contributed by atoms with E-state index in [4.69, 9.17) is 23.8 Å². The van der Waals surface area contributed by atoms with E-state index in [0.717, 1.165) is 12.1 Å². The monoisotopic (exact) mass is 351 g/mol. The van der Waals surface area contributed by atoms with Gasteiger partial charge in [-0.15, -0.1) is 0 Å². The number of anilines is 1. The second kappa shape index (κ2) is 6.99. The van der Waals surface area contributed by atoms with Gasteiger partial charge < -0.3 is 10.4 Å². The molecule has 1 aromatic heterocycles. The topological polar surface area (TPSA) is 120 Å². The van der Waals surface area contributed by atoms with Crippen LogP contribution in [0.25, 0.3) is 0 Å². The summed E-state index contributed by atoms with van der Waals surface area (Å²) in [5, 5.41) is 26.8. The normalized spacial score (nSPS) is 9.96. The van der Waals surface area contributed by atoms with Crippen LogP contribution in [-0.4, -0.2) is 20.9 Å². The standard InChI is InChI=1S/C13H9ClN4O4S/c14-9-4-8(18(21)22)5-10(11(9)19)16-13(23)17-12(20)7-2-1-3-15-6-7/h1-6,19H,(H2,16,17,20,23)/p-1. The number of thiocarbonyl (C=S) groups is 1. The lowest BCUT2D eigenvalue weighted by atomic mass is 10.2. The van der Waals surface area contributed by atoms with Crippen molar-refractivity contribution in [2.45, 2.75) is 0 Å². The molecule has 0 atom stereocenters. The van der Waals surface area contributed by atoms with Crippen LogP contribution < -0.4 is 15.7 Å². The number of hydrogen-bond acceptors (Lipinski definition) is 6. The zero-order chi connectivity index (χ0) is 17.0. The number of nitrogens with one attached hydrogen (secondary N) is 2. The fourth-order valence-corrected chi connectivity index (χ4v) is 2.02. The van der Waals surface area contributed by atoms with Crippen molar-refractivity contribution in [3.8, 4) is 5.75 Å². The minimum atomic E-state index is -0.701. The van der Waals surface area contributed by atoms with Gasteiger partial charge in [0.15, 0.2) is 5.11 Å². The zero-order valence-corrected chi connectivity index (χ0v) is 12.9. The average molecular weight is 352 g/mol. The lowest BCUT2D eigenvalue weighted by molar-refractivity contribution is -0.385. The zero-order valence-electron chi connectivity index (χ0n) is 11.3. The molecule has 0 saturated carbocycles. The highest BCUT2D eigenvalue weighted by atomic mass is 35.5. The Balaban J connectivity index is 2.14. The molecule has 2 rings (SSSR count).